The smallest absolute Gasteiger partial charge is 0.337 e. The first-order valence-corrected chi connectivity index (χ1v) is 9.48. The third kappa shape index (κ3) is 4.58. The first-order chi connectivity index (χ1) is 13.5. The molecule has 0 aliphatic heterocycles. The highest BCUT2D eigenvalue weighted by Gasteiger charge is 2.15. The highest BCUT2D eigenvalue weighted by atomic mass is 32.2. The molecule has 1 heterocycles. The molecule has 0 aliphatic rings. The summed E-state index contributed by atoms with van der Waals surface area (Å²) >= 11 is 1.45. The number of carbonyl (C=O) groups is 2. The molecule has 0 bridgehead atoms. The number of amides is 1. The normalized spacial score (nSPS) is 10.5. The Morgan fingerprint density at radius 3 is 2.68 bits per heavy atom. The summed E-state index contributed by atoms with van der Waals surface area (Å²) in [5.41, 5.74) is 2.30. The zero-order chi connectivity index (χ0) is 20.1. The van der Waals surface area contributed by atoms with Gasteiger partial charge in [-0.2, -0.15) is 4.98 Å². The van der Waals surface area contributed by atoms with Crippen LogP contribution in [0, 0.1) is 13.8 Å². The third-order valence-electron chi connectivity index (χ3n) is 3.96. The standard InChI is InChI=1S/C20H19N3O4S/c1-12-8-9-14(20(25)26-3)10-16(12)22-19(24)15-6-4-5-7-17(15)28-11-18-21-13(2)27-23-18/h4-10H,11H2,1-3H3,(H,22,24). The fourth-order valence-corrected chi connectivity index (χ4v) is 3.41. The number of carbonyl (C=O) groups excluding carboxylic acids is 2. The summed E-state index contributed by atoms with van der Waals surface area (Å²) < 4.78 is 9.71. The molecule has 0 saturated carbocycles. The Hall–Kier alpha value is -3.13. The molecule has 2 aromatic carbocycles. The van der Waals surface area contributed by atoms with E-state index in [0.717, 1.165) is 10.5 Å². The largest absolute Gasteiger partial charge is 0.465 e. The average Bonchev–Trinajstić information content (AvgIpc) is 3.12. The second-order valence-corrected chi connectivity index (χ2v) is 7.01. The minimum absolute atomic E-state index is 0.266. The fraction of sp³-hybridized carbons (Fsp3) is 0.200. The summed E-state index contributed by atoms with van der Waals surface area (Å²) in [6, 6.07) is 12.3. The van der Waals surface area contributed by atoms with Crippen molar-refractivity contribution in [3.05, 3.63) is 70.9 Å². The van der Waals surface area contributed by atoms with Crippen LogP contribution in [0.3, 0.4) is 0 Å². The zero-order valence-corrected chi connectivity index (χ0v) is 16.5. The number of nitrogens with zero attached hydrogens (tertiary/aromatic N) is 2. The maximum Gasteiger partial charge on any atom is 0.337 e. The van der Waals surface area contributed by atoms with Crippen molar-refractivity contribution >= 4 is 29.3 Å². The average molecular weight is 397 g/mol. The maximum atomic E-state index is 12.9. The molecule has 0 saturated heterocycles. The molecular weight excluding hydrogens is 378 g/mol. The number of thioether (sulfide) groups is 1. The van der Waals surface area contributed by atoms with Crippen molar-refractivity contribution in [2.45, 2.75) is 24.5 Å². The molecule has 0 unspecified atom stereocenters. The first-order valence-electron chi connectivity index (χ1n) is 8.49. The molecule has 0 aliphatic carbocycles. The van der Waals surface area contributed by atoms with Gasteiger partial charge in [0.25, 0.3) is 5.91 Å². The van der Waals surface area contributed by atoms with Crippen LogP contribution < -0.4 is 5.32 Å². The van der Waals surface area contributed by atoms with Crippen molar-refractivity contribution in [1.29, 1.82) is 0 Å². The lowest BCUT2D eigenvalue weighted by atomic mass is 10.1. The second kappa shape index (κ2) is 8.71. The van der Waals surface area contributed by atoms with Crippen molar-refractivity contribution in [3.8, 4) is 0 Å². The molecule has 0 atom stereocenters. The van der Waals surface area contributed by atoms with Gasteiger partial charge in [0.2, 0.25) is 5.89 Å². The number of benzene rings is 2. The van der Waals surface area contributed by atoms with Crippen LogP contribution in [0.2, 0.25) is 0 Å². The predicted octanol–water partition coefficient (Wildman–Crippen LogP) is 4.02. The molecule has 0 radical (unpaired) electrons. The number of anilines is 1. The van der Waals surface area contributed by atoms with E-state index < -0.39 is 5.97 Å². The maximum absolute atomic E-state index is 12.9. The third-order valence-corrected chi connectivity index (χ3v) is 5.03. The summed E-state index contributed by atoms with van der Waals surface area (Å²) in [4.78, 5) is 29.6. The molecule has 0 fully saturated rings. The molecule has 28 heavy (non-hydrogen) atoms. The van der Waals surface area contributed by atoms with Crippen LogP contribution in [0.25, 0.3) is 0 Å². The van der Waals surface area contributed by atoms with Gasteiger partial charge in [0.15, 0.2) is 5.82 Å². The molecule has 3 rings (SSSR count). The van der Waals surface area contributed by atoms with Crippen LogP contribution in [0.1, 0.15) is 38.0 Å². The Balaban J connectivity index is 1.79. The highest BCUT2D eigenvalue weighted by molar-refractivity contribution is 7.98. The van der Waals surface area contributed by atoms with E-state index in [9.17, 15) is 9.59 Å². The second-order valence-electron chi connectivity index (χ2n) is 5.99. The monoisotopic (exact) mass is 397 g/mol. The fourth-order valence-electron chi connectivity index (χ4n) is 2.51. The summed E-state index contributed by atoms with van der Waals surface area (Å²) in [7, 11) is 1.32. The van der Waals surface area contributed by atoms with Gasteiger partial charge >= 0.3 is 5.97 Å². The minimum Gasteiger partial charge on any atom is -0.465 e. The van der Waals surface area contributed by atoms with E-state index in [4.69, 9.17) is 9.26 Å². The molecule has 7 nitrogen and oxygen atoms in total. The SMILES string of the molecule is COC(=O)c1ccc(C)c(NC(=O)c2ccccc2SCc2noc(C)n2)c1. The van der Waals surface area contributed by atoms with Crippen LogP contribution in [0.4, 0.5) is 5.69 Å². The van der Waals surface area contributed by atoms with Gasteiger partial charge in [-0.25, -0.2) is 4.79 Å². The molecule has 1 amide bonds. The Morgan fingerprint density at radius 2 is 1.96 bits per heavy atom. The van der Waals surface area contributed by atoms with E-state index in [1.54, 1.807) is 37.3 Å². The summed E-state index contributed by atoms with van der Waals surface area (Å²) in [6.07, 6.45) is 0. The lowest BCUT2D eigenvalue weighted by molar-refractivity contribution is 0.0600. The van der Waals surface area contributed by atoms with Gasteiger partial charge in [-0.15, -0.1) is 11.8 Å². The van der Waals surface area contributed by atoms with E-state index >= 15 is 0 Å². The number of hydrogen-bond donors (Lipinski definition) is 1. The number of rotatable bonds is 6. The van der Waals surface area contributed by atoms with E-state index in [2.05, 4.69) is 15.5 Å². The molecule has 3 aromatic rings. The minimum atomic E-state index is -0.457. The van der Waals surface area contributed by atoms with Gasteiger partial charge in [-0.3, -0.25) is 4.79 Å². The van der Waals surface area contributed by atoms with Gasteiger partial charge < -0.3 is 14.6 Å². The molecule has 1 N–H and O–H groups in total. The molecule has 1 aromatic heterocycles. The zero-order valence-electron chi connectivity index (χ0n) is 15.7. The lowest BCUT2D eigenvalue weighted by Gasteiger charge is -2.12. The number of hydrogen-bond acceptors (Lipinski definition) is 7. The number of aromatic nitrogens is 2. The first kappa shape index (κ1) is 19.6. The van der Waals surface area contributed by atoms with Gasteiger partial charge in [-0.05, 0) is 36.8 Å². The number of methoxy groups -OCH3 is 1. The van der Waals surface area contributed by atoms with Crippen molar-refractivity contribution < 1.29 is 18.8 Å². The Morgan fingerprint density at radius 1 is 1.18 bits per heavy atom. The highest BCUT2D eigenvalue weighted by Crippen LogP contribution is 2.27. The van der Waals surface area contributed by atoms with Gasteiger partial charge in [-0.1, -0.05) is 23.4 Å². The van der Waals surface area contributed by atoms with Crippen molar-refractivity contribution in [1.82, 2.24) is 10.1 Å². The molecule has 0 spiro atoms. The van der Waals surface area contributed by atoms with Crippen LogP contribution in [-0.4, -0.2) is 29.1 Å². The quantitative estimate of drug-likeness (QED) is 0.496. The number of nitrogens with one attached hydrogen (secondary N) is 1. The topological polar surface area (TPSA) is 94.3 Å². The summed E-state index contributed by atoms with van der Waals surface area (Å²) in [5, 5.41) is 6.75. The van der Waals surface area contributed by atoms with E-state index in [-0.39, 0.29) is 5.91 Å². The van der Waals surface area contributed by atoms with Crippen molar-refractivity contribution in [2.24, 2.45) is 0 Å². The summed E-state index contributed by atoms with van der Waals surface area (Å²) in [5.74, 6) is 0.833. The Labute approximate surface area is 166 Å². The molecule has 144 valence electrons. The lowest BCUT2D eigenvalue weighted by Crippen LogP contribution is -2.14. The number of ether oxygens (including phenoxy) is 1. The van der Waals surface area contributed by atoms with Gasteiger partial charge in [0.1, 0.15) is 0 Å². The van der Waals surface area contributed by atoms with E-state index in [0.29, 0.717) is 34.3 Å². The van der Waals surface area contributed by atoms with Crippen molar-refractivity contribution in [3.63, 3.8) is 0 Å². The van der Waals surface area contributed by atoms with Crippen molar-refractivity contribution in [2.75, 3.05) is 12.4 Å². The van der Waals surface area contributed by atoms with Crippen LogP contribution in [0.5, 0.6) is 0 Å². The number of esters is 1. The molecule has 8 heteroatoms. The van der Waals surface area contributed by atoms with E-state index in [1.165, 1.54) is 18.9 Å². The van der Waals surface area contributed by atoms with Crippen LogP contribution in [-0.2, 0) is 10.5 Å². The Kier molecular flexibility index (Phi) is 6.10. The summed E-state index contributed by atoms with van der Waals surface area (Å²) in [6.45, 7) is 3.59. The Bertz CT molecular complexity index is 1020. The predicted molar refractivity (Wildman–Crippen MR) is 106 cm³/mol. The van der Waals surface area contributed by atoms with Gasteiger partial charge in [0, 0.05) is 17.5 Å². The molecular formula is C20H19N3O4S. The van der Waals surface area contributed by atoms with Gasteiger partial charge in [0.05, 0.1) is 24.0 Å². The van der Waals surface area contributed by atoms with E-state index in [1.807, 2.05) is 19.1 Å². The van der Waals surface area contributed by atoms with Crippen LogP contribution >= 0.6 is 11.8 Å². The number of aryl methyl sites for hydroxylation is 2. The van der Waals surface area contributed by atoms with Crippen LogP contribution in [0.15, 0.2) is 51.9 Å².